The molecule has 102 valence electrons. The van der Waals surface area contributed by atoms with Crippen molar-refractivity contribution >= 4 is 16.7 Å². The quantitative estimate of drug-likeness (QED) is 0.618. The Morgan fingerprint density at radius 2 is 2.20 bits per heavy atom. The molecule has 0 amide bonds. The summed E-state index contributed by atoms with van der Waals surface area (Å²) in [6.45, 7) is 5.58. The van der Waals surface area contributed by atoms with Crippen LogP contribution in [-0.4, -0.2) is 24.7 Å². The summed E-state index contributed by atoms with van der Waals surface area (Å²) in [5, 5.41) is 13.2. The largest absolute Gasteiger partial charge is 0.379 e. The van der Waals surface area contributed by atoms with E-state index < -0.39 is 0 Å². The number of nitrogens with zero attached hydrogens (tertiary/aromatic N) is 2. The number of aromatic nitrogens is 1. The third-order valence-electron chi connectivity index (χ3n) is 2.86. The fourth-order valence-electron chi connectivity index (χ4n) is 1.88. The smallest absolute Gasteiger partial charge is 0.128 e. The number of benzene rings is 1. The number of rotatable bonds is 7. The number of nitrogens with one attached hydrogen (secondary N) is 1. The molecular weight excluding hydrogens is 250 g/mol. The van der Waals surface area contributed by atoms with E-state index in [2.05, 4.69) is 22.9 Å². The van der Waals surface area contributed by atoms with Gasteiger partial charge in [-0.25, -0.2) is 4.98 Å². The van der Waals surface area contributed by atoms with E-state index in [0.29, 0.717) is 31.1 Å². The summed E-state index contributed by atoms with van der Waals surface area (Å²) < 4.78 is 5.41. The molecule has 2 rings (SSSR count). The second kappa shape index (κ2) is 7.27. The van der Waals surface area contributed by atoms with Gasteiger partial charge in [-0.2, -0.15) is 5.26 Å². The van der Waals surface area contributed by atoms with Crippen LogP contribution >= 0.6 is 0 Å². The topological polar surface area (TPSA) is 57.9 Å². The molecule has 20 heavy (non-hydrogen) atoms. The molecule has 0 aliphatic heterocycles. The lowest BCUT2D eigenvalue weighted by molar-refractivity contribution is 0.149. The maximum absolute atomic E-state index is 9.19. The summed E-state index contributed by atoms with van der Waals surface area (Å²) in [4.78, 5) is 4.48. The van der Waals surface area contributed by atoms with E-state index in [0.717, 1.165) is 17.3 Å². The Kier molecular flexibility index (Phi) is 5.10. The number of para-hydroxylation sites is 1. The first-order chi connectivity index (χ1) is 9.85. The normalized spacial score (nSPS) is 10.2. The third-order valence-corrected chi connectivity index (χ3v) is 2.86. The van der Waals surface area contributed by atoms with Gasteiger partial charge in [0.15, 0.2) is 0 Å². The van der Waals surface area contributed by atoms with Crippen LogP contribution in [0, 0.1) is 11.3 Å². The molecule has 0 aliphatic rings. The van der Waals surface area contributed by atoms with Crippen LogP contribution in [-0.2, 0) is 4.74 Å². The van der Waals surface area contributed by atoms with Gasteiger partial charge in [0, 0.05) is 11.9 Å². The lowest BCUT2D eigenvalue weighted by Crippen LogP contribution is -2.11. The van der Waals surface area contributed by atoms with Gasteiger partial charge in [0.05, 0.1) is 30.4 Å². The minimum atomic E-state index is 0.601. The highest BCUT2D eigenvalue weighted by Crippen LogP contribution is 2.19. The van der Waals surface area contributed by atoms with Crippen molar-refractivity contribution < 1.29 is 4.74 Å². The van der Waals surface area contributed by atoms with Crippen molar-refractivity contribution in [3.63, 3.8) is 0 Å². The van der Waals surface area contributed by atoms with Gasteiger partial charge in [0.1, 0.15) is 5.82 Å². The Balaban J connectivity index is 2.00. The SMILES string of the molecule is C=CCCOCCNc1cc(C#N)c2ccccc2n1. The van der Waals surface area contributed by atoms with E-state index in [-0.39, 0.29) is 0 Å². The lowest BCUT2D eigenvalue weighted by atomic mass is 10.1. The van der Waals surface area contributed by atoms with Crippen molar-refractivity contribution in [2.45, 2.75) is 6.42 Å². The van der Waals surface area contributed by atoms with E-state index in [1.165, 1.54) is 0 Å². The molecular formula is C16H17N3O. The molecule has 0 saturated heterocycles. The van der Waals surface area contributed by atoms with Crippen LogP contribution in [0.2, 0.25) is 0 Å². The number of ether oxygens (including phenoxy) is 1. The predicted octanol–water partition coefficient (Wildman–Crippen LogP) is 3.11. The van der Waals surface area contributed by atoms with Crippen LogP contribution in [0.1, 0.15) is 12.0 Å². The summed E-state index contributed by atoms with van der Waals surface area (Å²) in [7, 11) is 0. The molecule has 4 heteroatoms. The van der Waals surface area contributed by atoms with Crippen LogP contribution < -0.4 is 5.32 Å². The van der Waals surface area contributed by atoms with Crippen LogP contribution in [0.15, 0.2) is 43.0 Å². The highest BCUT2D eigenvalue weighted by atomic mass is 16.5. The Labute approximate surface area is 118 Å². The minimum Gasteiger partial charge on any atom is -0.379 e. The van der Waals surface area contributed by atoms with Crippen LogP contribution in [0.3, 0.4) is 0 Å². The Bertz CT molecular complexity index is 631. The zero-order valence-corrected chi connectivity index (χ0v) is 11.3. The average molecular weight is 267 g/mol. The van der Waals surface area contributed by atoms with E-state index in [1.54, 1.807) is 6.07 Å². The van der Waals surface area contributed by atoms with Crippen molar-refractivity contribution in [2.75, 3.05) is 25.1 Å². The van der Waals surface area contributed by atoms with Gasteiger partial charge in [0.25, 0.3) is 0 Å². The summed E-state index contributed by atoms with van der Waals surface area (Å²) in [6, 6.07) is 11.6. The summed E-state index contributed by atoms with van der Waals surface area (Å²) in [5.41, 5.74) is 1.45. The minimum absolute atomic E-state index is 0.601. The zero-order chi connectivity index (χ0) is 14.2. The van der Waals surface area contributed by atoms with Gasteiger partial charge < -0.3 is 10.1 Å². The number of fused-ring (bicyclic) bond motifs is 1. The molecule has 1 N–H and O–H groups in total. The molecule has 4 nitrogen and oxygen atoms in total. The summed E-state index contributed by atoms with van der Waals surface area (Å²) in [6.07, 6.45) is 2.68. The average Bonchev–Trinajstić information content (AvgIpc) is 2.50. The Morgan fingerprint density at radius 3 is 3.00 bits per heavy atom. The molecule has 0 aliphatic carbocycles. The maximum atomic E-state index is 9.19. The van der Waals surface area contributed by atoms with Gasteiger partial charge in [-0.3, -0.25) is 0 Å². The molecule has 0 saturated carbocycles. The third kappa shape index (κ3) is 3.56. The van der Waals surface area contributed by atoms with E-state index in [4.69, 9.17) is 4.74 Å². The van der Waals surface area contributed by atoms with Gasteiger partial charge in [0.2, 0.25) is 0 Å². The van der Waals surface area contributed by atoms with E-state index in [1.807, 2.05) is 30.3 Å². The van der Waals surface area contributed by atoms with Gasteiger partial charge in [-0.05, 0) is 18.6 Å². The Morgan fingerprint density at radius 1 is 1.35 bits per heavy atom. The molecule has 1 heterocycles. The fourth-order valence-corrected chi connectivity index (χ4v) is 1.88. The molecule has 0 spiro atoms. The van der Waals surface area contributed by atoms with E-state index in [9.17, 15) is 5.26 Å². The van der Waals surface area contributed by atoms with Crippen LogP contribution in [0.4, 0.5) is 5.82 Å². The molecule has 0 unspecified atom stereocenters. The number of hydrogen-bond donors (Lipinski definition) is 1. The molecule has 1 aromatic heterocycles. The first-order valence-corrected chi connectivity index (χ1v) is 6.57. The second-order valence-electron chi connectivity index (χ2n) is 4.30. The highest BCUT2D eigenvalue weighted by molar-refractivity contribution is 5.86. The standard InChI is InChI=1S/C16H17N3O/c1-2-3-9-20-10-8-18-16-11-13(12-17)14-6-4-5-7-15(14)19-16/h2,4-7,11H,1,3,8-10H2,(H,18,19). The monoisotopic (exact) mass is 267 g/mol. The fraction of sp³-hybridized carbons (Fsp3) is 0.250. The van der Waals surface area contributed by atoms with Crippen molar-refractivity contribution in [3.05, 3.63) is 48.6 Å². The second-order valence-corrected chi connectivity index (χ2v) is 4.30. The van der Waals surface area contributed by atoms with Crippen LogP contribution in [0.5, 0.6) is 0 Å². The van der Waals surface area contributed by atoms with Crippen molar-refractivity contribution in [1.29, 1.82) is 5.26 Å². The zero-order valence-electron chi connectivity index (χ0n) is 11.3. The van der Waals surface area contributed by atoms with Gasteiger partial charge in [-0.15, -0.1) is 6.58 Å². The Hall–Kier alpha value is -2.38. The first kappa shape index (κ1) is 14.0. The summed E-state index contributed by atoms with van der Waals surface area (Å²) >= 11 is 0. The van der Waals surface area contributed by atoms with E-state index >= 15 is 0 Å². The number of anilines is 1. The molecule has 0 bridgehead atoms. The molecule has 0 fully saturated rings. The summed E-state index contributed by atoms with van der Waals surface area (Å²) in [5.74, 6) is 0.701. The molecule has 2 aromatic rings. The predicted molar refractivity (Wildman–Crippen MR) is 80.6 cm³/mol. The van der Waals surface area contributed by atoms with Crippen molar-refractivity contribution in [2.24, 2.45) is 0 Å². The van der Waals surface area contributed by atoms with Crippen molar-refractivity contribution in [3.8, 4) is 6.07 Å². The lowest BCUT2D eigenvalue weighted by Gasteiger charge is -2.08. The molecule has 0 radical (unpaired) electrons. The number of nitriles is 1. The molecule has 0 atom stereocenters. The van der Waals surface area contributed by atoms with Crippen molar-refractivity contribution in [1.82, 2.24) is 4.98 Å². The first-order valence-electron chi connectivity index (χ1n) is 6.57. The molecule has 1 aromatic carbocycles. The number of hydrogen-bond acceptors (Lipinski definition) is 4. The van der Waals surface area contributed by atoms with Gasteiger partial charge in [-0.1, -0.05) is 24.3 Å². The number of pyridine rings is 1. The van der Waals surface area contributed by atoms with Crippen LogP contribution in [0.25, 0.3) is 10.9 Å². The maximum Gasteiger partial charge on any atom is 0.128 e. The highest BCUT2D eigenvalue weighted by Gasteiger charge is 2.04. The van der Waals surface area contributed by atoms with Gasteiger partial charge >= 0.3 is 0 Å².